The van der Waals surface area contributed by atoms with E-state index < -0.39 is 0 Å². The largest absolute Gasteiger partial charge is 0.130 e. The first-order valence-electron chi connectivity index (χ1n) is 1.89. The zero-order valence-corrected chi connectivity index (χ0v) is 11.2. The minimum atomic E-state index is 0. The van der Waals surface area contributed by atoms with Gasteiger partial charge in [0.2, 0.25) is 0 Å². The number of halogens is 5. The predicted octanol–water partition coefficient (Wildman–Crippen LogP) is 3.89. The molecule has 0 saturated heterocycles. The third kappa shape index (κ3) is 454. The Bertz CT molecular complexity index is 14.8. The van der Waals surface area contributed by atoms with Crippen LogP contribution < -0.4 is 0 Å². The van der Waals surface area contributed by atoms with Crippen molar-refractivity contribution >= 4 is 66.4 Å². The van der Waals surface area contributed by atoms with Crippen LogP contribution in [-0.4, -0.2) is 40.3 Å². The van der Waals surface area contributed by atoms with Crippen LogP contribution in [0.5, 0.6) is 0 Å². The Balaban J connectivity index is -0.00000000694. The van der Waals surface area contributed by atoms with Gasteiger partial charge in [-0.2, -0.15) is 0 Å². The summed E-state index contributed by atoms with van der Waals surface area (Å²) in [5.41, 5.74) is 0. The van der Waals surface area contributed by atoms with E-state index in [-0.39, 0.29) is 8.41 Å². The molecular formula is C5H15BCl5. The normalized spacial score (nSPS) is 2.73. The Hall–Kier alpha value is 1.51. The van der Waals surface area contributed by atoms with Crippen LogP contribution in [0.2, 0.25) is 0 Å². The summed E-state index contributed by atoms with van der Waals surface area (Å²) in [6, 6.07) is 0. The lowest BCUT2D eigenvalue weighted by atomic mass is 10.8. The van der Waals surface area contributed by atoms with Crippen molar-refractivity contribution in [2.75, 3.05) is 31.9 Å². The molecule has 0 aromatic rings. The lowest BCUT2D eigenvalue weighted by Crippen LogP contribution is -0.852. The first kappa shape index (κ1) is 39.1. The molecule has 0 fully saturated rings. The van der Waals surface area contributed by atoms with E-state index in [2.05, 4.69) is 58.0 Å². The lowest BCUT2D eigenvalue weighted by molar-refractivity contribution is 2.46. The summed E-state index contributed by atoms with van der Waals surface area (Å²) in [5, 5.41) is 0. The van der Waals surface area contributed by atoms with Crippen molar-refractivity contribution in [1.29, 1.82) is 0 Å². The monoisotopic (exact) mass is 261 g/mol. The molecule has 0 unspecified atom stereocenters. The molecule has 0 rings (SSSR count). The van der Waals surface area contributed by atoms with E-state index in [4.69, 9.17) is 0 Å². The van der Waals surface area contributed by atoms with E-state index in [1.54, 1.807) is 0 Å². The van der Waals surface area contributed by atoms with Crippen molar-refractivity contribution in [3.05, 3.63) is 0 Å². The second-order valence-corrected chi connectivity index (χ2v) is 0. The van der Waals surface area contributed by atoms with E-state index in [1.165, 1.54) is 31.9 Å². The number of hydrogen-bond donors (Lipinski definition) is 0. The first-order valence-corrected chi connectivity index (χ1v) is 5.67. The standard InChI is InChI=1S/5CH3Cl.B/c5*1-2;/h5*1H3;. The minimum Gasteiger partial charge on any atom is -0.130 e. The van der Waals surface area contributed by atoms with Gasteiger partial charge in [0.25, 0.3) is 0 Å². The summed E-state index contributed by atoms with van der Waals surface area (Å²) in [6.07, 6.45) is 7.36. The first-order chi connectivity index (χ1) is 5.00. The third-order valence-electron chi connectivity index (χ3n) is 0. The smallest absolute Gasteiger partial charge is 0.0108 e. The average Bonchev–Trinajstić information content (AvgIpc) is 2.20. The molecule has 6 heteroatoms. The molecule has 0 aliphatic carbocycles. The second-order valence-electron chi connectivity index (χ2n) is 0. The molecule has 73 valence electrons. The van der Waals surface area contributed by atoms with Gasteiger partial charge in [-0.15, -0.1) is 58.0 Å². The molecule has 0 bridgehead atoms. The highest BCUT2D eigenvalue weighted by Crippen LogP contribution is 1.35. The van der Waals surface area contributed by atoms with Crippen molar-refractivity contribution in [1.82, 2.24) is 0 Å². The van der Waals surface area contributed by atoms with E-state index in [0.29, 0.717) is 0 Å². The average molecular weight is 263 g/mol. The van der Waals surface area contributed by atoms with Gasteiger partial charge in [-0.05, 0) is 0 Å². The summed E-state index contributed by atoms with van der Waals surface area (Å²) in [7, 11) is 0. The second kappa shape index (κ2) is 555. The Morgan fingerprint density at radius 1 is 0.364 bits per heavy atom. The molecule has 0 heterocycles. The van der Waals surface area contributed by atoms with Gasteiger partial charge in [-0.3, -0.25) is 0 Å². The summed E-state index contributed by atoms with van der Waals surface area (Å²) >= 11 is 23.2. The lowest BCUT2D eigenvalue weighted by Gasteiger charge is -1.06. The molecule has 11 heavy (non-hydrogen) atoms. The predicted molar refractivity (Wildman–Crippen MR) is 64.6 cm³/mol. The summed E-state index contributed by atoms with van der Waals surface area (Å²) in [6.45, 7) is 0. The Morgan fingerprint density at radius 2 is 0.364 bits per heavy atom. The number of alkyl halides is 5. The van der Waals surface area contributed by atoms with E-state index in [0.717, 1.165) is 0 Å². The van der Waals surface area contributed by atoms with E-state index >= 15 is 0 Å². The maximum atomic E-state index is 4.64. The fourth-order valence-electron chi connectivity index (χ4n) is 0. The van der Waals surface area contributed by atoms with Crippen LogP contribution in [0.3, 0.4) is 0 Å². The molecule has 0 aromatic carbocycles. The van der Waals surface area contributed by atoms with Crippen LogP contribution in [0.25, 0.3) is 0 Å². The fraction of sp³-hybridized carbons (Fsp3) is 1.00. The minimum absolute atomic E-state index is 0. The molecule has 0 spiro atoms. The zero-order chi connectivity index (χ0) is 10.0. The van der Waals surface area contributed by atoms with Crippen LogP contribution >= 0.6 is 58.0 Å². The summed E-state index contributed by atoms with van der Waals surface area (Å²) in [5.74, 6) is 0. The molecule has 0 N–H and O–H groups in total. The maximum Gasteiger partial charge on any atom is 0.0108 e. The Morgan fingerprint density at radius 3 is 0.364 bits per heavy atom. The SMILES string of the molecule is CCl.CCl.CCl.CCl.CCl.[B]. The van der Waals surface area contributed by atoms with E-state index in [9.17, 15) is 0 Å². The van der Waals surface area contributed by atoms with Gasteiger partial charge < -0.3 is 0 Å². The van der Waals surface area contributed by atoms with Crippen molar-refractivity contribution in [2.45, 2.75) is 0 Å². The molecule has 0 atom stereocenters. The fourth-order valence-corrected chi connectivity index (χ4v) is 0. The van der Waals surface area contributed by atoms with Crippen LogP contribution in [-0.2, 0) is 0 Å². The van der Waals surface area contributed by atoms with Gasteiger partial charge in [0.1, 0.15) is 0 Å². The van der Waals surface area contributed by atoms with Gasteiger partial charge in [0.05, 0.1) is 0 Å². The van der Waals surface area contributed by atoms with Gasteiger partial charge in [0, 0.05) is 40.3 Å². The van der Waals surface area contributed by atoms with E-state index in [1.807, 2.05) is 0 Å². The maximum absolute atomic E-state index is 4.64. The molecule has 0 saturated carbocycles. The molecular weight excluding hydrogens is 248 g/mol. The van der Waals surface area contributed by atoms with Crippen molar-refractivity contribution in [3.8, 4) is 0 Å². The van der Waals surface area contributed by atoms with Gasteiger partial charge in [-0.1, -0.05) is 0 Å². The van der Waals surface area contributed by atoms with Crippen LogP contribution in [0.4, 0.5) is 0 Å². The highest BCUT2D eigenvalue weighted by molar-refractivity contribution is 6.15. The number of rotatable bonds is 0. The van der Waals surface area contributed by atoms with Crippen LogP contribution in [0, 0.1) is 0 Å². The highest BCUT2D eigenvalue weighted by atomic mass is 35.5. The topological polar surface area (TPSA) is 0 Å². The molecule has 0 amide bonds. The molecule has 0 aromatic heterocycles. The quantitative estimate of drug-likeness (QED) is 0.459. The van der Waals surface area contributed by atoms with Crippen molar-refractivity contribution < 1.29 is 0 Å². The van der Waals surface area contributed by atoms with Gasteiger partial charge in [0.15, 0.2) is 0 Å². The Labute approximate surface area is 98.1 Å². The van der Waals surface area contributed by atoms with Gasteiger partial charge >= 0.3 is 0 Å². The summed E-state index contributed by atoms with van der Waals surface area (Å²) in [4.78, 5) is 0. The number of hydrogen-bond acceptors (Lipinski definition) is 0. The molecule has 0 aliphatic heterocycles. The summed E-state index contributed by atoms with van der Waals surface area (Å²) < 4.78 is 0. The third-order valence-corrected chi connectivity index (χ3v) is 0. The zero-order valence-electron chi connectivity index (χ0n) is 7.47. The van der Waals surface area contributed by atoms with Crippen LogP contribution in [0.15, 0.2) is 0 Å². The van der Waals surface area contributed by atoms with Crippen molar-refractivity contribution in [2.24, 2.45) is 0 Å². The molecule has 0 nitrogen and oxygen atoms in total. The van der Waals surface area contributed by atoms with Crippen LogP contribution in [0.1, 0.15) is 0 Å². The Kier molecular flexibility index (Phi) is 1970. The van der Waals surface area contributed by atoms with Gasteiger partial charge in [-0.25, -0.2) is 0 Å². The molecule has 0 aliphatic rings. The molecule has 3 radical (unpaired) electrons. The highest BCUT2D eigenvalue weighted by Gasteiger charge is 0.951. The van der Waals surface area contributed by atoms with Crippen molar-refractivity contribution in [3.63, 3.8) is 0 Å².